The lowest BCUT2D eigenvalue weighted by molar-refractivity contribution is 0.378. The van der Waals surface area contributed by atoms with E-state index >= 15 is 0 Å². The maximum atomic E-state index is 3.57. The van der Waals surface area contributed by atoms with Crippen LogP contribution in [0.2, 0.25) is 0 Å². The Morgan fingerprint density at radius 1 is 1.11 bits per heavy atom. The van der Waals surface area contributed by atoms with Crippen molar-refractivity contribution < 1.29 is 0 Å². The van der Waals surface area contributed by atoms with Gasteiger partial charge in [0.15, 0.2) is 0 Å². The lowest BCUT2D eigenvalue weighted by Crippen LogP contribution is -2.40. The molecule has 104 valence electrons. The number of nitrogens with one attached hydrogen (secondary N) is 1. The van der Waals surface area contributed by atoms with Crippen LogP contribution in [0, 0.1) is 5.92 Å². The van der Waals surface area contributed by atoms with Crippen molar-refractivity contribution in [1.29, 1.82) is 0 Å². The smallest absolute Gasteiger partial charge is 0.0368 e. The Hall–Kier alpha value is -1.02. The fourth-order valence-corrected chi connectivity index (χ4v) is 3.15. The molecule has 19 heavy (non-hydrogen) atoms. The number of hydrogen-bond acceptors (Lipinski definition) is 2. The standard InChI is InChI=1S/C17H26N2/c1-13-9-10-19(14(2)11-13)17-7-3-15(4-8-17)12-18-16-5-6-16/h3-4,7-8,13-14,16,18H,5-6,9-12H2,1-2H3. The molecule has 0 aromatic heterocycles. The summed E-state index contributed by atoms with van der Waals surface area (Å²) < 4.78 is 0. The summed E-state index contributed by atoms with van der Waals surface area (Å²) in [5.74, 6) is 0.883. The van der Waals surface area contributed by atoms with Crippen LogP contribution in [0.4, 0.5) is 5.69 Å². The van der Waals surface area contributed by atoms with Crippen LogP contribution in [0.3, 0.4) is 0 Å². The van der Waals surface area contributed by atoms with E-state index in [0.29, 0.717) is 6.04 Å². The van der Waals surface area contributed by atoms with Crippen LogP contribution in [0.5, 0.6) is 0 Å². The third-order valence-corrected chi connectivity index (χ3v) is 4.58. The second kappa shape index (κ2) is 5.54. The second-order valence-electron chi connectivity index (χ2n) is 6.49. The fourth-order valence-electron chi connectivity index (χ4n) is 3.15. The molecule has 1 aliphatic heterocycles. The summed E-state index contributed by atoms with van der Waals surface area (Å²) in [6.45, 7) is 6.97. The molecule has 0 spiro atoms. The first-order valence-electron chi connectivity index (χ1n) is 7.81. The van der Waals surface area contributed by atoms with E-state index in [0.717, 1.165) is 18.5 Å². The number of anilines is 1. The van der Waals surface area contributed by atoms with E-state index in [1.54, 1.807) is 0 Å². The minimum atomic E-state index is 0.680. The summed E-state index contributed by atoms with van der Waals surface area (Å²) in [7, 11) is 0. The number of benzene rings is 1. The zero-order valence-electron chi connectivity index (χ0n) is 12.2. The van der Waals surface area contributed by atoms with Gasteiger partial charge in [0.2, 0.25) is 0 Å². The average Bonchev–Trinajstić information content (AvgIpc) is 3.21. The molecule has 2 heteroatoms. The van der Waals surface area contributed by atoms with E-state index in [-0.39, 0.29) is 0 Å². The Morgan fingerprint density at radius 2 is 1.84 bits per heavy atom. The molecular formula is C17H26N2. The lowest BCUT2D eigenvalue weighted by atomic mass is 9.93. The SMILES string of the molecule is CC1CCN(c2ccc(CNC3CC3)cc2)C(C)C1. The van der Waals surface area contributed by atoms with Crippen LogP contribution < -0.4 is 10.2 Å². The Morgan fingerprint density at radius 3 is 2.47 bits per heavy atom. The molecular weight excluding hydrogens is 232 g/mol. The molecule has 1 aliphatic carbocycles. The lowest BCUT2D eigenvalue weighted by Gasteiger charge is -2.38. The average molecular weight is 258 g/mol. The van der Waals surface area contributed by atoms with Crippen molar-refractivity contribution in [3.63, 3.8) is 0 Å². The van der Waals surface area contributed by atoms with Crippen molar-refractivity contribution >= 4 is 5.69 Å². The van der Waals surface area contributed by atoms with Gasteiger partial charge in [-0.05, 0) is 56.2 Å². The van der Waals surface area contributed by atoms with Crippen molar-refractivity contribution in [2.75, 3.05) is 11.4 Å². The van der Waals surface area contributed by atoms with Gasteiger partial charge in [-0.15, -0.1) is 0 Å². The van der Waals surface area contributed by atoms with E-state index in [4.69, 9.17) is 0 Å². The summed E-state index contributed by atoms with van der Waals surface area (Å²) in [4.78, 5) is 2.57. The number of piperidine rings is 1. The number of hydrogen-bond donors (Lipinski definition) is 1. The molecule has 3 rings (SSSR count). The number of rotatable bonds is 4. The molecule has 0 amide bonds. The first kappa shape index (κ1) is 13.0. The quantitative estimate of drug-likeness (QED) is 0.888. The van der Waals surface area contributed by atoms with E-state index < -0.39 is 0 Å². The van der Waals surface area contributed by atoms with Gasteiger partial charge in [-0.3, -0.25) is 0 Å². The third-order valence-electron chi connectivity index (χ3n) is 4.58. The largest absolute Gasteiger partial charge is 0.369 e. The van der Waals surface area contributed by atoms with Gasteiger partial charge in [0.1, 0.15) is 0 Å². The van der Waals surface area contributed by atoms with Crippen molar-refractivity contribution in [3.05, 3.63) is 29.8 Å². The first-order valence-corrected chi connectivity index (χ1v) is 7.81. The van der Waals surface area contributed by atoms with Crippen LogP contribution in [-0.2, 0) is 6.54 Å². The first-order chi connectivity index (χ1) is 9.22. The molecule has 2 atom stereocenters. The molecule has 2 fully saturated rings. The highest BCUT2D eigenvalue weighted by molar-refractivity contribution is 5.49. The molecule has 1 N–H and O–H groups in total. The summed E-state index contributed by atoms with van der Waals surface area (Å²) in [5, 5.41) is 3.57. The topological polar surface area (TPSA) is 15.3 Å². The van der Waals surface area contributed by atoms with Crippen LogP contribution in [0.15, 0.2) is 24.3 Å². The van der Waals surface area contributed by atoms with Crippen LogP contribution in [0.25, 0.3) is 0 Å². The van der Waals surface area contributed by atoms with Crippen molar-refractivity contribution in [2.24, 2.45) is 5.92 Å². The van der Waals surface area contributed by atoms with Crippen LogP contribution in [-0.4, -0.2) is 18.6 Å². The van der Waals surface area contributed by atoms with Gasteiger partial charge in [-0.2, -0.15) is 0 Å². The molecule has 2 nitrogen and oxygen atoms in total. The second-order valence-corrected chi connectivity index (χ2v) is 6.49. The fraction of sp³-hybridized carbons (Fsp3) is 0.647. The molecule has 0 radical (unpaired) electrons. The normalized spacial score (nSPS) is 27.6. The van der Waals surface area contributed by atoms with Crippen molar-refractivity contribution in [2.45, 2.75) is 58.2 Å². The van der Waals surface area contributed by atoms with E-state index in [2.05, 4.69) is 48.3 Å². The van der Waals surface area contributed by atoms with E-state index in [9.17, 15) is 0 Å². The van der Waals surface area contributed by atoms with Gasteiger partial charge in [-0.1, -0.05) is 19.1 Å². The van der Waals surface area contributed by atoms with Gasteiger partial charge in [0.05, 0.1) is 0 Å². The molecule has 2 aliphatic rings. The van der Waals surface area contributed by atoms with Gasteiger partial charge in [-0.25, -0.2) is 0 Å². The van der Waals surface area contributed by atoms with E-state index in [1.165, 1.54) is 43.5 Å². The zero-order chi connectivity index (χ0) is 13.2. The minimum Gasteiger partial charge on any atom is -0.369 e. The highest BCUT2D eigenvalue weighted by Crippen LogP contribution is 2.28. The Bertz CT molecular complexity index is 408. The predicted octanol–water partition coefficient (Wildman–Crippen LogP) is 3.56. The van der Waals surface area contributed by atoms with Gasteiger partial charge < -0.3 is 10.2 Å². The molecule has 1 heterocycles. The zero-order valence-corrected chi connectivity index (χ0v) is 12.2. The Kier molecular flexibility index (Phi) is 3.79. The molecule has 1 aromatic carbocycles. The van der Waals surface area contributed by atoms with E-state index in [1.807, 2.05) is 0 Å². The summed E-state index contributed by atoms with van der Waals surface area (Å²) in [5.41, 5.74) is 2.81. The molecule has 2 unspecified atom stereocenters. The predicted molar refractivity (Wildman–Crippen MR) is 81.5 cm³/mol. The van der Waals surface area contributed by atoms with Crippen molar-refractivity contribution in [3.8, 4) is 0 Å². The maximum absolute atomic E-state index is 3.57. The van der Waals surface area contributed by atoms with Crippen LogP contribution in [0.1, 0.15) is 45.1 Å². The molecule has 1 saturated carbocycles. The monoisotopic (exact) mass is 258 g/mol. The highest BCUT2D eigenvalue weighted by atomic mass is 15.2. The summed E-state index contributed by atoms with van der Waals surface area (Å²) in [6, 6.07) is 10.7. The Balaban J connectivity index is 1.60. The summed E-state index contributed by atoms with van der Waals surface area (Å²) in [6.07, 6.45) is 5.38. The molecule has 1 aromatic rings. The van der Waals surface area contributed by atoms with Gasteiger partial charge in [0.25, 0.3) is 0 Å². The van der Waals surface area contributed by atoms with Gasteiger partial charge in [0, 0.05) is 30.9 Å². The maximum Gasteiger partial charge on any atom is 0.0368 e. The molecule has 0 bridgehead atoms. The highest BCUT2D eigenvalue weighted by Gasteiger charge is 2.23. The number of nitrogens with zero attached hydrogens (tertiary/aromatic N) is 1. The molecule has 1 saturated heterocycles. The Labute approximate surface area is 117 Å². The summed E-state index contributed by atoms with van der Waals surface area (Å²) >= 11 is 0. The third kappa shape index (κ3) is 3.30. The van der Waals surface area contributed by atoms with Gasteiger partial charge >= 0.3 is 0 Å². The van der Waals surface area contributed by atoms with Crippen LogP contribution >= 0.6 is 0 Å². The minimum absolute atomic E-state index is 0.680. The van der Waals surface area contributed by atoms with Crippen molar-refractivity contribution in [1.82, 2.24) is 5.32 Å².